The summed E-state index contributed by atoms with van der Waals surface area (Å²) in [7, 11) is 0. The Bertz CT molecular complexity index is 615. The van der Waals surface area contributed by atoms with Crippen LogP contribution in [0.2, 0.25) is 0 Å². The van der Waals surface area contributed by atoms with Gasteiger partial charge in [0.05, 0.1) is 11.5 Å². The molecule has 19 heavy (non-hydrogen) atoms. The third-order valence-electron chi connectivity index (χ3n) is 2.49. The summed E-state index contributed by atoms with van der Waals surface area (Å²) in [5.74, 6) is -0.466. The third kappa shape index (κ3) is 2.86. The number of aliphatic hydroxyl groups excluding tert-OH is 1. The summed E-state index contributed by atoms with van der Waals surface area (Å²) in [4.78, 5) is 9.68. The molecule has 0 heterocycles. The lowest BCUT2D eigenvalue weighted by molar-refractivity contribution is -0.387. The van der Waals surface area contributed by atoms with E-state index in [9.17, 15) is 14.5 Å². The van der Waals surface area contributed by atoms with E-state index in [4.69, 9.17) is 9.84 Å². The van der Waals surface area contributed by atoms with Gasteiger partial charge < -0.3 is 9.84 Å². The minimum Gasteiger partial charge on any atom is -0.457 e. The van der Waals surface area contributed by atoms with Gasteiger partial charge in [-0.3, -0.25) is 10.1 Å². The summed E-state index contributed by atoms with van der Waals surface area (Å²) in [5, 5.41) is 19.6. The van der Waals surface area contributed by atoms with E-state index < -0.39 is 16.4 Å². The Morgan fingerprint density at radius 2 is 2.00 bits per heavy atom. The molecule has 2 rings (SSSR count). The zero-order valence-electron chi connectivity index (χ0n) is 9.75. The second kappa shape index (κ2) is 5.45. The van der Waals surface area contributed by atoms with E-state index >= 15 is 0 Å². The molecular weight excluding hydrogens is 253 g/mol. The molecule has 0 radical (unpaired) electrons. The molecule has 6 heteroatoms. The molecule has 0 aliphatic heterocycles. The summed E-state index contributed by atoms with van der Waals surface area (Å²) in [5.41, 5.74) is -0.0657. The van der Waals surface area contributed by atoms with Crippen molar-refractivity contribution in [3.8, 4) is 11.5 Å². The van der Waals surface area contributed by atoms with Crippen LogP contribution < -0.4 is 4.74 Å². The highest BCUT2D eigenvalue weighted by Crippen LogP contribution is 2.28. The number of rotatable bonds is 4. The van der Waals surface area contributed by atoms with Crippen LogP contribution in [0.15, 0.2) is 42.5 Å². The van der Waals surface area contributed by atoms with E-state index in [1.807, 2.05) is 0 Å². The molecule has 98 valence electrons. The molecular formula is C13H10FNO4. The lowest BCUT2D eigenvalue weighted by atomic mass is 10.2. The molecule has 0 amide bonds. The Hall–Kier alpha value is -2.47. The highest BCUT2D eigenvalue weighted by atomic mass is 19.1. The molecule has 0 aliphatic rings. The maximum atomic E-state index is 13.4. The van der Waals surface area contributed by atoms with Crippen molar-refractivity contribution in [2.75, 3.05) is 0 Å². The number of aliphatic hydroxyl groups is 1. The second-order valence-electron chi connectivity index (χ2n) is 3.74. The molecule has 0 aliphatic carbocycles. The van der Waals surface area contributed by atoms with Crippen molar-refractivity contribution in [2.45, 2.75) is 6.61 Å². The van der Waals surface area contributed by atoms with E-state index in [1.54, 1.807) is 24.3 Å². The molecule has 0 bridgehead atoms. The van der Waals surface area contributed by atoms with Crippen molar-refractivity contribution in [1.29, 1.82) is 0 Å². The highest BCUT2D eigenvalue weighted by Gasteiger charge is 2.15. The predicted molar refractivity (Wildman–Crippen MR) is 65.5 cm³/mol. The van der Waals surface area contributed by atoms with Gasteiger partial charge in [0.15, 0.2) is 0 Å². The van der Waals surface area contributed by atoms with Crippen molar-refractivity contribution in [3.63, 3.8) is 0 Å². The third-order valence-corrected chi connectivity index (χ3v) is 2.49. The van der Waals surface area contributed by atoms with Crippen LogP contribution in [0.25, 0.3) is 0 Å². The number of nitro groups is 1. The van der Waals surface area contributed by atoms with Crippen molar-refractivity contribution < 1.29 is 19.2 Å². The first-order valence-corrected chi connectivity index (χ1v) is 5.42. The SMILES string of the molecule is O=[N+]([O-])c1ccc(Oc2ccccc2CO)cc1F. The van der Waals surface area contributed by atoms with Gasteiger partial charge in [0.1, 0.15) is 11.5 Å². The maximum Gasteiger partial charge on any atom is 0.305 e. The average Bonchev–Trinajstić information content (AvgIpc) is 2.39. The topological polar surface area (TPSA) is 72.6 Å². The van der Waals surface area contributed by atoms with E-state index in [-0.39, 0.29) is 12.4 Å². The first-order valence-electron chi connectivity index (χ1n) is 5.42. The van der Waals surface area contributed by atoms with Gasteiger partial charge in [-0.25, -0.2) is 0 Å². The Kier molecular flexibility index (Phi) is 3.72. The van der Waals surface area contributed by atoms with Crippen LogP contribution in [0.4, 0.5) is 10.1 Å². The molecule has 0 saturated carbocycles. The molecule has 2 aromatic carbocycles. The van der Waals surface area contributed by atoms with Crippen molar-refractivity contribution in [2.24, 2.45) is 0 Å². The number of ether oxygens (including phenoxy) is 1. The van der Waals surface area contributed by atoms with Gasteiger partial charge in [-0.15, -0.1) is 0 Å². The van der Waals surface area contributed by atoms with Gasteiger partial charge in [0.2, 0.25) is 5.82 Å². The summed E-state index contributed by atoms with van der Waals surface area (Å²) in [6.45, 7) is -0.217. The standard InChI is InChI=1S/C13H10FNO4/c14-11-7-10(5-6-12(11)15(17)18)19-13-4-2-1-3-9(13)8-16/h1-7,16H,8H2. The largest absolute Gasteiger partial charge is 0.457 e. The lowest BCUT2D eigenvalue weighted by Crippen LogP contribution is -1.95. The molecule has 0 unspecified atom stereocenters. The molecule has 5 nitrogen and oxygen atoms in total. The minimum absolute atomic E-state index is 0.129. The monoisotopic (exact) mass is 263 g/mol. The van der Waals surface area contributed by atoms with Crippen LogP contribution >= 0.6 is 0 Å². The molecule has 0 aromatic heterocycles. The van der Waals surface area contributed by atoms with Gasteiger partial charge in [0, 0.05) is 17.7 Å². The summed E-state index contributed by atoms with van der Waals surface area (Å²) in [6, 6.07) is 9.99. The number of hydrogen-bond acceptors (Lipinski definition) is 4. The van der Waals surface area contributed by atoms with Crippen molar-refractivity contribution in [3.05, 3.63) is 64.0 Å². The quantitative estimate of drug-likeness (QED) is 0.679. The minimum atomic E-state index is -0.969. The van der Waals surface area contributed by atoms with E-state index in [2.05, 4.69) is 0 Å². The summed E-state index contributed by atoms with van der Waals surface area (Å²) in [6.07, 6.45) is 0. The average molecular weight is 263 g/mol. The van der Waals surface area contributed by atoms with Gasteiger partial charge >= 0.3 is 5.69 Å². The van der Waals surface area contributed by atoms with E-state index in [0.29, 0.717) is 11.3 Å². The van der Waals surface area contributed by atoms with Crippen LogP contribution in [0.1, 0.15) is 5.56 Å². The molecule has 2 aromatic rings. The van der Waals surface area contributed by atoms with Crippen LogP contribution in [-0.4, -0.2) is 10.0 Å². The lowest BCUT2D eigenvalue weighted by Gasteiger charge is -2.09. The Balaban J connectivity index is 2.29. The number of halogens is 1. The highest BCUT2D eigenvalue weighted by molar-refractivity contribution is 5.42. The zero-order valence-corrected chi connectivity index (χ0v) is 9.75. The number of nitro benzene ring substituents is 1. The molecule has 1 N–H and O–H groups in total. The summed E-state index contributed by atoms with van der Waals surface area (Å²) < 4.78 is 18.8. The smallest absolute Gasteiger partial charge is 0.305 e. The van der Waals surface area contributed by atoms with Gasteiger partial charge in [-0.05, 0) is 12.1 Å². The Labute approximate surface area is 108 Å². The first kappa shape index (κ1) is 13.0. The van der Waals surface area contributed by atoms with Crippen LogP contribution in [-0.2, 0) is 6.61 Å². The van der Waals surface area contributed by atoms with Gasteiger partial charge in [-0.1, -0.05) is 18.2 Å². The van der Waals surface area contributed by atoms with Gasteiger partial charge in [-0.2, -0.15) is 4.39 Å². The molecule has 0 fully saturated rings. The first-order chi connectivity index (χ1) is 9.11. The normalized spacial score (nSPS) is 10.2. The fraction of sp³-hybridized carbons (Fsp3) is 0.0769. The van der Waals surface area contributed by atoms with Crippen LogP contribution in [0.5, 0.6) is 11.5 Å². The van der Waals surface area contributed by atoms with Crippen LogP contribution in [0, 0.1) is 15.9 Å². The number of hydrogen-bond donors (Lipinski definition) is 1. The van der Waals surface area contributed by atoms with Gasteiger partial charge in [0.25, 0.3) is 0 Å². The van der Waals surface area contributed by atoms with Crippen molar-refractivity contribution in [1.82, 2.24) is 0 Å². The number of para-hydroxylation sites is 1. The second-order valence-corrected chi connectivity index (χ2v) is 3.74. The summed E-state index contributed by atoms with van der Waals surface area (Å²) >= 11 is 0. The maximum absolute atomic E-state index is 13.4. The zero-order chi connectivity index (χ0) is 13.8. The Morgan fingerprint density at radius 1 is 1.26 bits per heavy atom. The van der Waals surface area contributed by atoms with Crippen LogP contribution in [0.3, 0.4) is 0 Å². The molecule has 0 atom stereocenters. The number of nitrogens with zero attached hydrogens (tertiary/aromatic N) is 1. The fourth-order valence-corrected chi connectivity index (χ4v) is 1.56. The van der Waals surface area contributed by atoms with E-state index in [0.717, 1.165) is 12.1 Å². The van der Waals surface area contributed by atoms with Crippen molar-refractivity contribution >= 4 is 5.69 Å². The molecule has 0 spiro atoms. The van der Waals surface area contributed by atoms with E-state index in [1.165, 1.54) is 6.07 Å². The fourth-order valence-electron chi connectivity index (χ4n) is 1.56. The Morgan fingerprint density at radius 3 is 2.63 bits per heavy atom. The predicted octanol–water partition coefficient (Wildman–Crippen LogP) is 3.02. The molecule has 0 saturated heterocycles. The number of benzene rings is 2.